The molecule has 0 unspecified atom stereocenters. The minimum Gasteiger partial charge on any atom is -0.469 e. The van der Waals surface area contributed by atoms with Crippen LogP contribution in [-0.4, -0.2) is 59.1 Å². The number of methoxy groups -OCH3 is 2. The zero-order chi connectivity index (χ0) is 17.9. The third-order valence-electron chi connectivity index (χ3n) is 4.26. The normalized spacial score (nSPS) is 20.8. The lowest BCUT2D eigenvalue weighted by atomic mass is 9.88. The van der Waals surface area contributed by atoms with Gasteiger partial charge in [-0.25, -0.2) is 9.78 Å². The highest BCUT2D eigenvalue weighted by molar-refractivity contribution is 5.96. The molecule has 8 heteroatoms. The summed E-state index contributed by atoms with van der Waals surface area (Å²) in [4.78, 5) is 42.5. The Morgan fingerprint density at radius 3 is 2.42 bits per heavy atom. The summed E-state index contributed by atoms with van der Waals surface area (Å²) in [5.41, 5.74) is 0.239. The van der Waals surface area contributed by atoms with Crippen molar-refractivity contribution in [2.24, 2.45) is 5.92 Å². The maximum Gasteiger partial charge on any atom is 0.329 e. The zero-order valence-corrected chi connectivity index (χ0v) is 14.4. The van der Waals surface area contributed by atoms with Crippen molar-refractivity contribution in [2.75, 3.05) is 20.8 Å². The first kappa shape index (κ1) is 18.0. The molecule has 2 atom stereocenters. The number of likely N-dealkylation sites (tertiary alicyclic amines) is 1. The molecular weight excluding hydrogens is 314 g/mol. The number of carbonyl (C=O) groups excluding carboxylic acids is 3. The summed E-state index contributed by atoms with van der Waals surface area (Å²) >= 11 is 0. The lowest BCUT2D eigenvalue weighted by molar-refractivity contribution is -0.160. The van der Waals surface area contributed by atoms with E-state index in [-0.39, 0.29) is 11.7 Å². The van der Waals surface area contributed by atoms with Crippen molar-refractivity contribution < 1.29 is 23.9 Å². The second-order valence-corrected chi connectivity index (χ2v) is 6.04. The van der Waals surface area contributed by atoms with Crippen LogP contribution >= 0.6 is 0 Å². The lowest BCUT2D eigenvalue weighted by Crippen LogP contribution is -2.55. The van der Waals surface area contributed by atoms with E-state index in [2.05, 4.69) is 4.98 Å². The van der Waals surface area contributed by atoms with E-state index < -0.39 is 29.8 Å². The molecule has 1 aliphatic rings. The quantitative estimate of drug-likeness (QED) is 0.762. The molecule has 0 saturated carbocycles. The summed E-state index contributed by atoms with van der Waals surface area (Å²) in [5.74, 6) is -2.26. The Bertz CT molecular complexity index is 625. The zero-order valence-electron chi connectivity index (χ0n) is 14.4. The van der Waals surface area contributed by atoms with Crippen molar-refractivity contribution in [2.45, 2.75) is 38.8 Å². The molecule has 1 fully saturated rings. The lowest BCUT2D eigenvalue weighted by Gasteiger charge is -2.37. The van der Waals surface area contributed by atoms with Crippen LogP contribution in [0, 0.1) is 5.92 Å². The van der Waals surface area contributed by atoms with E-state index >= 15 is 0 Å². The number of esters is 2. The number of hydrogen-bond acceptors (Lipinski definition) is 6. The predicted molar refractivity (Wildman–Crippen MR) is 84.2 cm³/mol. The van der Waals surface area contributed by atoms with Gasteiger partial charge in [0.25, 0.3) is 5.91 Å². The van der Waals surface area contributed by atoms with Gasteiger partial charge >= 0.3 is 11.9 Å². The van der Waals surface area contributed by atoms with Gasteiger partial charge in [0.1, 0.15) is 11.7 Å². The summed E-state index contributed by atoms with van der Waals surface area (Å²) < 4.78 is 11.4. The van der Waals surface area contributed by atoms with Gasteiger partial charge < -0.3 is 18.9 Å². The fraction of sp³-hybridized carbons (Fsp3) is 0.625. The molecule has 2 heterocycles. The molecule has 1 aromatic heterocycles. The molecule has 1 saturated heterocycles. The van der Waals surface area contributed by atoms with E-state index in [1.54, 1.807) is 12.5 Å². The van der Waals surface area contributed by atoms with Crippen molar-refractivity contribution in [1.29, 1.82) is 0 Å². The molecule has 0 spiro atoms. The molecule has 0 bridgehead atoms. The molecule has 24 heavy (non-hydrogen) atoms. The maximum absolute atomic E-state index is 12.8. The van der Waals surface area contributed by atoms with Crippen molar-refractivity contribution in [3.8, 4) is 0 Å². The summed E-state index contributed by atoms with van der Waals surface area (Å²) in [6, 6.07) is -0.826. The smallest absolute Gasteiger partial charge is 0.329 e. The van der Waals surface area contributed by atoms with Gasteiger partial charge in [-0.2, -0.15) is 0 Å². The average molecular weight is 337 g/mol. The topological polar surface area (TPSA) is 90.7 Å². The van der Waals surface area contributed by atoms with E-state index in [4.69, 9.17) is 9.47 Å². The number of aromatic nitrogens is 2. The molecule has 8 nitrogen and oxygen atoms in total. The van der Waals surface area contributed by atoms with Crippen LogP contribution < -0.4 is 0 Å². The molecule has 1 aliphatic heterocycles. The fourth-order valence-electron chi connectivity index (χ4n) is 2.91. The first-order chi connectivity index (χ1) is 11.4. The number of imidazole rings is 1. The monoisotopic (exact) mass is 337 g/mol. The van der Waals surface area contributed by atoms with Crippen LogP contribution in [0.3, 0.4) is 0 Å². The van der Waals surface area contributed by atoms with Crippen molar-refractivity contribution in [1.82, 2.24) is 14.5 Å². The minimum absolute atomic E-state index is 0.166. The van der Waals surface area contributed by atoms with Gasteiger partial charge in [0.05, 0.1) is 26.5 Å². The van der Waals surface area contributed by atoms with Crippen LogP contribution in [0.1, 0.15) is 43.2 Å². The number of nitrogens with zero attached hydrogens (tertiary/aromatic N) is 3. The number of ether oxygens (including phenoxy) is 2. The average Bonchev–Trinajstić information content (AvgIpc) is 3.09. The second-order valence-electron chi connectivity index (χ2n) is 6.04. The summed E-state index contributed by atoms with van der Waals surface area (Å²) in [6.45, 7) is 4.31. The molecule has 0 aromatic carbocycles. The van der Waals surface area contributed by atoms with Gasteiger partial charge in [0.15, 0.2) is 0 Å². The molecule has 0 aliphatic carbocycles. The fourth-order valence-corrected chi connectivity index (χ4v) is 2.91. The van der Waals surface area contributed by atoms with Crippen molar-refractivity contribution in [3.05, 3.63) is 18.2 Å². The Morgan fingerprint density at radius 2 is 1.88 bits per heavy atom. The van der Waals surface area contributed by atoms with Crippen molar-refractivity contribution >= 4 is 17.8 Å². The predicted octanol–water partition coefficient (Wildman–Crippen LogP) is 1.03. The van der Waals surface area contributed by atoms with E-state index in [1.807, 2.05) is 18.4 Å². The van der Waals surface area contributed by atoms with Crippen LogP contribution in [0.4, 0.5) is 0 Å². The Balaban J connectivity index is 2.31. The highest BCUT2D eigenvalue weighted by Crippen LogP contribution is 2.27. The minimum atomic E-state index is -0.993. The van der Waals surface area contributed by atoms with Gasteiger partial charge in [0, 0.05) is 18.8 Å². The van der Waals surface area contributed by atoms with E-state index in [1.165, 1.54) is 19.1 Å². The third-order valence-corrected chi connectivity index (χ3v) is 4.26. The van der Waals surface area contributed by atoms with Crippen LogP contribution in [0.15, 0.2) is 12.5 Å². The van der Waals surface area contributed by atoms with E-state index in [9.17, 15) is 14.4 Å². The molecular formula is C16H23N3O5. The maximum atomic E-state index is 12.8. The van der Waals surface area contributed by atoms with E-state index in [0.29, 0.717) is 19.4 Å². The van der Waals surface area contributed by atoms with E-state index in [0.717, 1.165) is 0 Å². The number of carbonyl (C=O) groups is 3. The number of amides is 1. The highest BCUT2D eigenvalue weighted by Gasteiger charge is 2.44. The third kappa shape index (κ3) is 3.42. The summed E-state index contributed by atoms with van der Waals surface area (Å²) in [7, 11) is 2.50. The Kier molecular flexibility index (Phi) is 5.58. The second kappa shape index (κ2) is 7.46. The molecule has 2 rings (SSSR count). The SMILES string of the molecule is COC(=O)[C@@H]1[C@H](C(=O)OC)CCCN1C(=O)c1cn(C(C)C)cn1. The molecule has 0 N–H and O–H groups in total. The largest absolute Gasteiger partial charge is 0.469 e. The summed E-state index contributed by atoms with van der Waals surface area (Å²) in [6.07, 6.45) is 4.29. The Labute approximate surface area is 140 Å². The van der Waals surface area contributed by atoms with Gasteiger partial charge in [-0.3, -0.25) is 9.59 Å². The van der Waals surface area contributed by atoms with Gasteiger partial charge in [-0.15, -0.1) is 0 Å². The van der Waals surface area contributed by atoms with Crippen LogP contribution in [0.25, 0.3) is 0 Å². The van der Waals surface area contributed by atoms with Gasteiger partial charge in [0.2, 0.25) is 0 Å². The van der Waals surface area contributed by atoms with Crippen LogP contribution in [0.2, 0.25) is 0 Å². The van der Waals surface area contributed by atoms with Crippen molar-refractivity contribution in [3.63, 3.8) is 0 Å². The molecule has 1 amide bonds. The number of piperidine rings is 1. The number of rotatable bonds is 4. The summed E-state index contributed by atoms with van der Waals surface area (Å²) in [5, 5.41) is 0. The highest BCUT2D eigenvalue weighted by atomic mass is 16.5. The van der Waals surface area contributed by atoms with Crippen LogP contribution in [0.5, 0.6) is 0 Å². The Hall–Kier alpha value is -2.38. The Morgan fingerprint density at radius 1 is 1.21 bits per heavy atom. The standard InChI is InChI=1S/C16H23N3O5/c1-10(2)18-8-12(17-9-18)14(20)19-7-5-6-11(15(21)23-3)13(19)16(22)24-4/h8-11,13H,5-7H2,1-4H3/t11-,13+/m1/s1. The molecule has 0 radical (unpaired) electrons. The van der Waals surface area contributed by atoms with Crippen LogP contribution in [-0.2, 0) is 19.1 Å². The number of hydrogen-bond donors (Lipinski definition) is 0. The van der Waals surface area contributed by atoms with Gasteiger partial charge in [-0.05, 0) is 26.7 Å². The first-order valence-corrected chi connectivity index (χ1v) is 7.90. The van der Waals surface area contributed by atoms with Gasteiger partial charge in [-0.1, -0.05) is 0 Å². The first-order valence-electron chi connectivity index (χ1n) is 7.90. The molecule has 132 valence electrons. The molecule has 1 aromatic rings.